The Hall–Kier alpha value is -4.03. The Morgan fingerprint density at radius 2 is 1.82 bits per heavy atom. The Morgan fingerprint density at radius 1 is 1.12 bits per heavy atom. The van der Waals surface area contributed by atoms with Gasteiger partial charge in [0.05, 0.1) is 11.6 Å². The van der Waals surface area contributed by atoms with Crippen LogP contribution in [-0.4, -0.2) is 22.2 Å². The zero-order chi connectivity index (χ0) is 25.0. The van der Waals surface area contributed by atoms with Crippen LogP contribution in [0.4, 0.5) is 8.78 Å². The summed E-state index contributed by atoms with van der Waals surface area (Å²) in [5.74, 6) is -4.91. The van der Waals surface area contributed by atoms with Gasteiger partial charge in [-0.25, -0.2) is 13.6 Å². The number of aromatic nitrogens is 1. The number of nitrogens with two attached hydrogens (primary N) is 1. The van der Waals surface area contributed by atoms with Crippen LogP contribution in [-0.2, 0) is 11.3 Å². The van der Waals surface area contributed by atoms with Crippen molar-refractivity contribution in [2.24, 2.45) is 11.1 Å². The molecule has 1 atom stereocenters. The molecule has 3 aromatic rings. The molecule has 2 aromatic carbocycles. The Balaban J connectivity index is 2.00. The van der Waals surface area contributed by atoms with Crippen LogP contribution in [0.3, 0.4) is 0 Å². The first-order valence-corrected chi connectivity index (χ1v) is 10.3. The number of hydrogen-bond acceptors (Lipinski definition) is 6. The highest BCUT2D eigenvalue weighted by molar-refractivity contribution is 5.73. The molecule has 0 unspecified atom stereocenters. The minimum Gasteiger partial charge on any atom is -0.478 e. The van der Waals surface area contributed by atoms with Gasteiger partial charge in [-0.05, 0) is 41.0 Å². The van der Waals surface area contributed by atoms with E-state index in [0.29, 0.717) is 18.2 Å². The third-order valence-corrected chi connectivity index (χ3v) is 4.85. The van der Waals surface area contributed by atoms with Gasteiger partial charge in [-0.1, -0.05) is 39.0 Å². The summed E-state index contributed by atoms with van der Waals surface area (Å²) in [6.07, 6.45) is -1.45. The lowest BCUT2D eigenvalue weighted by atomic mass is 9.89. The van der Waals surface area contributed by atoms with Crippen LogP contribution < -0.4 is 15.2 Å². The van der Waals surface area contributed by atoms with E-state index in [1.165, 1.54) is 6.07 Å². The summed E-state index contributed by atoms with van der Waals surface area (Å²) >= 11 is 0. The van der Waals surface area contributed by atoms with E-state index in [1.54, 1.807) is 32.9 Å². The van der Waals surface area contributed by atoms with Crippen LogP contribution in [0.2, 0.25) is 0 Å². The molecule has 0 saturated heterocycles. The highest BCUT2D eigenvalue weighted by Crippen LogP contribution is 2.33. The van der Waals surface area contributed by atoms with Crippen LogP contribution >= 0.6 is 0 Å². The van der Waals surface area contributed by atoms with Crippen LogP contribution in [0.25, 0.3) is 11.1 Å². The lowest BCUT2D eigenvalue weighted by Crippen LogP contribution is -2.39. The average Bonchev–Trinajstić information content (AvgIpc) is 2.78. The number of aliphatic carboxylic acids is 1. The minimum atomic E-state index is -1.45. The van der Waals surface area contributed by atoms with Crippen molar-refractivity contribution < 1.29 is 28.2 Å². The van der Waals surface area contributed by atoms with Crippen LogP contribution in [0.5, 0.6) is 17.5 Å². The number of pyridine rings is 1. The fourth-order valence-corrected chi connectivity index (χ4v) is 3.18. The first kappa shape index (κ1) is 24.6. The second kappa shape index (κ2) is 9.85. The van der Waals surface area contributed by atoms with E-state index in [9.17, 15) is 23.9 Å². The normalized spacial score (nSPS) is 12.0. The molecule has 0 radical (unpaired) electrons. The number of halogens is 2. The van der Waals surface area contributed by atoms with Crippen molar-refractivity contribution in [2.45, 2.75) is 33.4 Å². The van der Waals surface area contributed by atoms with Crippen molar-refractivity contribution in [1.82, 2.24) is 4.98 Å². The lowest BCUT2D eigenvalue weighted by Gasteiger charge is -2.27. The minimum absolute atomic E-state index is 0.0711. The molecule has 176 valence electrons. The van der Waals surface area contributed by atoms with Gasteiger partial charge >= 0.3 is 5.97 Å². The molecular formula is C25H23F2N3O4. The molecule has 1 aromatic heterocycles. The number of carboxylic acids is 1. The quantitative estimate of drug-likeness (QED) is 0.500. The smallest absolute Gasteiger partial charge is 0.345 e. The number of nitriles is 1. The summed E-state index contributed by atoms with van der Waals surface area (Å²) in [7, 11) is 0. The third kappa shape index (κ3) is 5.66. The number of carbonyl (C=O) groups is 1. The van der Waals surface area contributed by atoms with E-state index in [4.69, 9.17) is 15.2 Å². The van der Waals surface area contributed by atoms with Gasteiger partial charge in [0.1, 0.15) is 5.75 Å². The summed E-state index contributed by atoms with van der Waals surface area (Å²) < 4.78 is 39.6. The van der Waals surface area contributed by atoms with Crippen molar-refractivity contribution in [1.29, 1.82) is 5.26 Å². The molecular weight excluding hydrogens is 444 g/mol. The topological polar surface area (TPSA) is 118 Å². The maximum Gasteiger partial charge on any atom is 0.345 e. The maximum atomic E-state index is 14.5. The van der Waals surface area contributed by atoms with E-state index in [0.717, 1.165) is 11.1 Å². The van der Waals surface area contributed by atoms with Gasteiger partial charge in [-0.15, -0.1) is 0 Å². The largest absolute Gasteiger partial charge is 0.478 e. The predicted molar refractivity (Wildman–Crippen MR) is 120 cm³/mol. The number of carboxylic acid groups (broad SMARTS) is 1. The SMILES string of the molecule is CC(C)(C)[C@@H](Oc1nc(Oc2cc(C#N)cc(-c3cccc(CN)c3)c2)c(F)cc1F)C(=O)O. The molecule has 0 aliphatic rings. The monoisotopic (exact) mass is 467 g/mol. The number of hydrogen-bond donors (Lipinski definition) is 2. The van der Waals surface area contributed by atoms with Gasteiger partial charge in [-0.2, -0.15) is 10.2 Å². The van der Waals surface area contributed by atoms with Gasteiger partial charge in [0, 0.05) is 18.0 Å². The van der Waals surface area contributed by atoms with Gasteiger partial charge in [0.25, 0.3) is 11.8 Å². The summed E-state index contributed by atoms with van der Waals surface area (Å²) in [6.45, 7) is 5.12. The molecule has 7 nitrogen and oxygen atoms in total. The van der Waals surface area contributed by atoms with E-state index < -0.39 is 40.9 Å². The van der Waals surface area contributed by atoms with Crippen molar-refractivity contribution in [3.8, 4) is 34.7 Å². The number of benzene rings is 2. The highest BCUT2D eigenvalue weighted by atomic mass is 19.1. The molecule has 0 aliphatic heterocycles. The standard InChI is InChI=1S/C25H23F2N3O4/c1-25(2,3)21(24(31)32)34-23-20(27)11-19(26)22(30-23)33-18-9-15(13-29)8-17(10-18)16-6-4-5-14(7-16)12-28/h4-11,21H,12,28H2,1-3H3,(H,31,32)/t21-/m0/s1. The van der Waals surface area contributed by atoms with Crippen LogP contribution in [0.15, 0.2) is 48.5 Å². The van der Waals surface area contributed by atoms with Crippen LogP contribution in [0, 0.1) is 28.4 Å². The summed E-state index contributed by atoms with van der Waals surface area (Å²) in [6, 6.07) is 14.4. The highest BCUT2D eigenvalue weighted by Gasteiger charge is 2.35. The van der Waals surface area contributed by atoms with Gasteiger partial charge < -0.3 is 20.3 Å². The van der Waals surface area contributed by atoms with Crippen molar-refractivity contribution in [2.75, 3.05) is 0 Å². The first-order chi connectivity index (χ1) is 16.0. The maximum absolute atomic E-state index is 14.5. The second-order valence-corrected chi connectivity index (χ2v) is 8.63. The fraction of sp³-hybridized carbons (Fsp3) is 0.240. The van der Waals surface area contributed by atoms with E-state index in [-0.39, 0.29) is 11.3 Å². The molecule has 3 rings (SSSR count). The molecule has 0 aliphatic carbocycles. The molecule has 0 spiro atoms. The second-order valence-electron chi connectivity index (χ2n) is 8.63. The zero-order valence-electron chi connectivity index (χ0n) is 18.8. The average molecular weight is 467 g/mol. The van der Waals surface area contributed by atoms with Crippen molar-refractivity contribution in [3.05, 3.63) is 71.3 Å². The Morgan fingerprint density at radius 3 is 2.44 bits per heavy atom. The van der Waals surface area contributed by atoms with Gasteiger partial charge in [-0.3, -0.25) is 0 Å². The molecule has 0 amide bonds. The number of ether oxygens (including phenoxy) is 2. The summed E-state index contributed by atoms with van der Waals surface area (Å²) in [4.78, 5) is 15.3. The Bertz CT molecular complexity index is 1270. The van der Waals surface area contributed by atoms with Crippen LogP contribution in [0.1, 0.15) is 31.9 Å². The number of rotatable bonds is 7. The molecule has 0 bridgehead atoms. The molecule has 34 heavy (non-hydrogen) atoms. The third-order valence-electron chi connectivity index (χ3n) is 4.85. The Kier molecular flexibility index (Phi) is 7.13. The first-order valence-electron chi connectivity index (χ1n) is 10.3. The van der Waals surface area contributed by atoms with Crippen molar-refractivity contribution in [3.63, 3.8) is 0 Å². The van der Waals surface area contributed by atoms with E-state index in [1.807, 2.05) is 30.3 Å². The van der Waals surface area contributed by atoms with E-state index >= 15 is 0 Å². The van der Waals surface area contributed by atoms with Gasteiger partial charge in [0.15, 0.2) is 11.6 Å². The molecule has 9 heteroatoms. The molecule has 1 heterocycles. The number of nitrogens with zero attached hydrogens (tertiary/aromatic N) is 2. The predicted octanol–water partition coefficient (Wildman–Crippen LogP) is 5.03. The molecule has 0 fully saturated rings. The molecule has 0 saturated carbocycles. The lowest BCUT2D eigenvalue weighted by molar-refractivity contribution is -0.150. The summed E-state index contributed by atoms with van der Waals surface area (Å²) in [5.41, 5.74) is 7.29. The van der Waals surface area contributed by atoms with Crippen molar-refractivity contribution >= 4 is 5.97 Å². The zero-order valence-corrected chi connectivity index (χ0v) is 18.8. The van der Waals surface area contributed by atoms with E-state index in [2.05, 4.69) is 4.98 Å². The summed E-state index contributed by atoms with van der Waals surface area (Å²) in [5, 5.41) is 18.9. The fourth-order valence-electron chi connectivity index (χ4n) is 3.18. The Labute approximate surface area is 195 Å². The van der Waals surface area contributed by atoms with Gasteiger partial charge in [0.2, 0.25) is 6.10 Å². The molecule has 3 N–H and O–H groups in total.